The number of ether oxygens (including phenoxy) is 1. The van der Waals surface area contributed by atoms with Gasteiger partial charge in [-0.3, -0.25) is 4.90 Å². The molecule has 0 radical (unpaired) electrons. The molecule has 0 N–H and O–H groups in total. The number of aryl methyl sites for hydroxylation is 2. The highest BCUT2D eigenvalue weighted by molar-refractivity contribution is 5.85. The van der Waals surface area contributed by atoms with Crippen LogP contribution < -0.4 is 4.74 Å². The van der Waals surface area contributed by atoms with Crippen molar-refractivity contribution in [3.63, 3.8) is 0 Å². The molecule has 0 bridgehead atoms. The second kappa shape index (κ2) is 8.81. The standard InChI is InChI=1S/C23H28N2O.ClH/c1-18-10-12-19(13-11-18)26-17-23-21(16-25-14-6-3-7-15-25)20-8-4-5-9-22(20)24(23)2;/h4-5,8-13H,3,6-7,14-17H2,1-2H3;1H. The molecular formula is C23H29ClN2O. The van der Waals surface area contributed by atoms with Gasteiger partial charge >= 0.3 is 0 Å². The zero-order chi connectivity index (χ0) is 17.9. The van der Waals surface area contributed by atoms with E-state index in [4.69, 9.17) is 4.74 Å². The summed E-state index contributed by atoms with van der Waals surface area (Å²) in [6.45, 7) is 6.15. The smallest absolute Gasteiger partial charge is 0.129 e. The lowest BCUT2D eigenvalue weighted by Crippen LogP contribution is -2.29. The number of benzene rings is 2. The number of para-hydroxylation sites is 1. The van der Waals surface area contributed by atoms with Crippen LogP contribution in [0.25, 0.3) is 10.9 Å². The summed E-state index contributed by atoms with van der Waals surface area (Å²) in [5.41, 5.74) is 5.27. The van der Waals surface area contributed by atoms with Crippen LogP contribution in [-0.4, -0.2) is 22.6 Å². The number of hydrogen-bond acceptors (Lipinski definition) is 2. The van der Waals surface area contributed by atoms with Crippen molar-refractivity contribution in [2.75, 3.05) is 13.1 Å². The van der Waals surface area contributed by atoms with E-state index in [0.29, 0.717) is 6.61 Å². The molecule has 1 aliphatic heterocycles. The van der Waals surface area contributed by atoms with Gasteiger partial charge in [-0.15, -0.1) is 12.4 Å². The van der Waals surface area contributed by atoms with Gasteiger partial charge in [0.05, 0.1) is 5.69 Å². The predicted octanol–water partition coefficient (Wildman–Crippen LogP) is 5.47. The summed E-state index contributed by atoms with van der Waals surface area (Å²) in [4.78, 5) is 2.60. The van der Waals surface area contributed by atoms with Crippen LogP contribution in [0.15, 0.2) is 48.5 Å². The summed E-state index contributed by atoms with van der Waals surface area (Å²) < 4.78 is 8.46. The van der Waals surface area contributed by atoms with Crippen molar-refractivity contribution < 1.29 is 4.74 Å². The Morgan fingerprint density at radius 3 is 2.37 bits per heavy atom. The number of halogens is 1. The number of likely N-dealkylation sites (tertiary alicyclic amines) is 1. The van der Waals surface area contributed by atoms with E-state index in [-0.39, 0.29) is 12.4 Å². The van der Waals surface area contributed by atoms with E-state index in [1.54, 1.807) is 0 Å². The van der Waals surface area contributed by atoms with Crippen LogP contribution in [0.1, 0.15) is 36.1 Å². The lowest BCUT2D eigenvalue weighted by molar-refractivity contribution is 0.218. The molecule has 0 atom stereocenters. The third kappa shape index (κ3) is 4.31. The number of aromatic nitrogens is 1. The van der Waals surface area contributed by atoms with Crippen LogP contribution in [0.2, 0.25) is 0 Å². The first-order chi connectivity index (χ1) is 12.7. The molecule has 1 aliphatic rings. The molecule has 2 aromatic carbocycles. The Labute approximate surface area is 168 Å². The van der Waals surface area contributed by atoms with Crippen LogP contribution in [-0.2, 0) is 20.2 Å². The molecule has 1 fully saturated rings. The average molecular weight is 385 g/mol. The maximum Gasteiger partial charge on any atom is 0.129 e. The zero-order valence-electron chi connectivity index (χ0n) is 16.3. The summed E-state index contributed by atoms with van der Waals surface area (Å²) in [6, 6.07) is 17.1. The van der Waals surface area contributed by atoms with Crippen LogP contribution in [0.4, 0.5) is 0 Å². The predicted molar refractivity (Wildman–Crippen MR) is 115 cm³/mol. The molecule has 0 unspecified atom stereocenters. The molecule has 0 aliphatic carbocycles. The van der Waals surface area contributed by atoms with Gasteiger partial charge in [-0.25, -0.2) is 0 Å². The first-order valence-corrected chi connectivity index (χ1v) is 9.69. The molecule has 1 aromatic heterocycles. The number of rotatable bonds is 5. The summed E-state index contributed by atoms with van der Waals surface area (Å²) in [5.74, 6) is 0.935. The fourth-order valence-corrected chi connectivity index (χ4v) is 4.01. The fraction of sp³-hybridized carbons (Fsp3) is 0.391. The van der Waals surface area contributed by atoms with Crippen molar-refractivity contribution in [2.24, 2.45) is 7.05 Å². The molecule has 0 saturated carbocycles. The maximum atomic E-state index is 6.15. The number of hydrogen-bond donors (Lipinski definition) is 0. The highest BCUT2D eigenvalue weighted by atomic mass is 35.5. The third-order valence-corrected chi connectivity index (χ3v) is 5.57. The molecule has 0 spiro atoms. The summed E-state index contributed by atoms with van der Waals surface area (Å²) in [6.07, 6.45) is 4.01. The minimum Gasteiger partial charge on any atom is -0.487 e. The first-order valence-electron chi connectivity index (χ1n) is 9.69. The monoisotopic (exact) mass is 384 g/mol. The van der Waals surface area contributed by atoms with Crippen LogP contribution >= 0.6 is 12.4 Å². The molecule has 0 amide bonds. The van der Waals surface area contributed by atoms with Crippen molar-refractivity contribution in [1.29, 1.82) is 0 Å². The highest BCUT2D eigenvalue weighted by Crippen LogP contribution is 2.28. The Balaban J connectivity index is 0.00000210. The van der Waals surface area contributed by atoms with Gasteiger partial charge in [-0.05, 0) is 56.6 Å². The largest absolute Gasteiger partial charge is 0.487 e. The lowest BCUT2D eigenvalue weighted by atomic mass is 10.1. The van der Waals surface area contributed by atoms with E-state index in [1.165, 1.54) is 60.1 Å². The minimum absolute atomic E-state index is 0. The SMILES string of the molecule is Cc1ccc(OCc2c(CN3CCCCC3)c3ccccc3n2C)cc1.Cl. The van der Waals surface area contributed by atoms with Gasteiger partial charge in [0.2, 0.25) is 0 Å². The molecule has 3 nitrogen and oxygen atoms in total. The summed E-state index contributed by atoms with van der Waals surface area (Å²) >= 11 is 0. The maximum absolute atomic E-state index is 6.15. The van der Waals surface area contributed by atoms with Gasteiger partial charge in [-0.1, -0.05) is 42.3 Å². The molecule has 2 heterocycles. The molecule has 27 heavy (non-hydrogen) atoms. The van der Waals surface area contributed by atoms with E-state index >= 15 is 0 Å². The van der Waals surface area contributed by atoms with Gasteiger partial charge in [0, 0.05) is 24.5 Å². The van der Waals surface area contributed by atoms with Crippen molar-refractivity contribution in [1.82, 2.24) is 9.47 Å². The van der Waals surface area contributed by atoms with Crippen molar-refractivity contribution in [3.8, 4) is 5.75 Å². The van der Waals surface area contributed by atoms with Crippen molar-refractivity contribution >= 4 is 23.3 Å². The molecular weight excluding hydrogens is 356 g/mol. The average Bonchev–Trinajstić information content (AvgIpc) is 2.94. The van der Waals surface area contributed by atoms with Crippen molar-refractivity contribution in [3.05, 3.63) is 65.4 Å². The summed E-state index contributed by atoms with van der Waals surface area (Å²) in [7, 11) is 2.16. The van der Waals surface area contributed by atoms with Gasteiger partial charge < -0.3 is 9.30 Å². The number of nitrogens with zero attached hydrogens (tertiary/aromatic N) is 2. The molecule has 3 aromatic rings. The Bertz CT molecular complexity index is 879. The minimum atomic E-state index is 0. The molecule has 4 rings (SSSR count). The molecule has 1 saturated heterocycles. The Kier molecular flexibility index (Phi) is 6.46. The van der Waals surface area contributed by atoms with Crippen LogP contribution in [0.3, 0.4) is 0 Å². The number of fused-ring (bicyclic) bond motifs is 1. The van der Waals surface area contributed by atoms with Gasteiger partial charge in [0.25, 0.3) is 0 Å². The van der Waals surface area contributed by atoms with E-state index in [9.17, 15) is 0 Å². The van der Waals surface area contributed by atoms with Gasteiger partial charge in [-0.2, -0.15) is 0 Å². The van der Waals surface area contributed by atoms with Crippen LogP contribution in [0.5, 0.6) is 5.75 Å². The molecule has 4 heteroatoms. The van der Waals surface area contributed by atoms with E-state index in [1.807, 2.05) is 0 Å². The fourth-order valence-electron chi connectivity index (χ4n) is 4.01. The van der Waals surface area contributed by atoms with E-state index < -0.39 is 0 Å². The molecule has 144 valence electrons. The van der Waals surface area contributed by atoms with Crippen LogP contribution in [0, 0.1) is 6.92 Å². The Morgan fingerprint density at radius 1 is 0.926 bits per heavy atom. The quantitative estimate of drug-likeness (QED) is 0.580. The first kappa shape index (κ1) is 19.8. The highest BCUT2D eigenvalue weighted by Gasteiger charge is 2.19. The second-order valence-electron chi connectivity index (χ2n) is 7.44. The van der Waals surface area contributed by atoms with Gasteiger partial charge in [0.1, 0.15) is 12.4 Å². The lowest BCUT2D eigenvalue weighted by Gasteiger charge is -2.26. The third-order valence-electron chi connectivity index (χ3n) is 5.57. The van der Waals surface area contributed by atoms with E-state index in [0.717, 1.165) is 12.3 Å². The normalized spacial score (nSPS) is 14.9. The topological polar surface area (TPSA) is 17.4 Å². The van der Waals surface area contributed by atoms with E-state index in [2.05, 4.69) is 72.0 Å². The summed E-state index contributed by atoms with van der Waals surface area (Å²) in [5, 5.41) is 1.36. The Morgan fingerprint density at radius 2 is 1.63 bits per heavy atom. The Hall–Kier alpha value is -1.97. The van der Waals surface area contributed by atoms with Gasteiger partial charge in [0.15, 0.2) is 0 Å². The number of piperidine rings is 1. The second-order valence-corrected chi connectivity index (χ2v) is 7.44. The zero-order valence-corrected chi connectivity index (χ0v) is 17.1. The van der Waals surface area contributed by atoms with Crippen molar-refractivity contribution in [2.45, 2.75) is 39.3 Å².